The van der Waals surface area contributed by atoms with Crippen LogP contribution in [0.25, 0.3) is 73.3 Å². The maximum Gasteiger partial charge on any atom is 0.0740 e. The van der Waals surface area contributed by atoms with Gasteiger partial charge in [-0.05, 0) is 111 Å². The Kier molecular flexibility index (Phi) is 9.43. The van der Waals surface area contributed by atoms with E-state index in [0.29, 0.717) is 0 Å². The molecule has 1 nitrogen and oxygen atoms in total. The molecule has 0 radical (unpaired) electrons. The van der Waals surface area contributed by atoms with Crippen molar-refractivity contribution in [2.45, 2.75) is 33.6 Å². The summed E-state index contributed by atoms with van der Waals surface area (Å²) in [5, 5.41) is 7.69. The van der Waals surface area contributed by atoms with Crippen LogP contribution in [0.2, 0.25) is 0 Å². The maximum absolute atomic E-state index is 4.89. The highest BCUT2D eigenvalue weighted by atomic mass is 14.7. The molecule has 0 atom stereocenters. The fraction of sp³-hybridized carbons (Fsp3) is 0.104. The Bertz CT molecular complexity index is 2450. The second kappa shape index (κ2) is 14.5. The van der Waals surface area contributed by atoms with Crippen molar-refractivity contribution < 1.29 is 0 Å². The lowest BCUT2D eigenvalue weighted by Crippen LogP contribution is -2.22. The van der Waals surface area contributed by atoms with Gasteiger partial charge in [-0.15, -0.1) is 0 Å². The summed E-state index contributed by atoms with van der Waals surface area (Å²) in [4.78, 5) is 4.89. The van der Waals surface area contributed by atoms with E-state index >= 15 is 0 Å². The smallest absolute Gasteiger partial charge is 0.0740 e. The van der Waals surface area contributed by atoms with Crippen LogP contribution in [0.3, 0.4) is 0 Å². The Morgan fingerprint density at radius 2 is 1.22 bits per heavy atom. The average molecular weight is 632 g/mol. The van der Waals surface area contributed by atoms with Gasteiger partial charge >= 0.3 is 0 Å². The number of nitrogens with zero attached hydrogens (tertiary/aromatic N) is 1. The summed E-state index contributed by atoms with van der Waals surface area (Å²) >= 11 is 0. The van der Waals surface area contributed by atoms with Gasteiger partial charge in [-0.3, -0.25) is 4.98 Å². The van der Waals surface area contributed by atoms with Gasteiger partial charge < -0.3 is 0 Å². The van der Waals surface area contributed by atoms with Crippen molar-refractivity contribution in [1.29, 1.82) is 0 Å². The van der Waals surface area contributed by atoms with Gasteiger partial charge in [0.15, 0.2) is 0 Å². The van der Waals surface area contributed by atoms with E-state index in [0.717, 1.165) is 18.5 Å². The first-order valence-corrected chi connectivity index (χ1v) is 17.3. The third kappa shape index (κ3) is 6.53. The number of hydrogen-bond donors (Lipinski definition) is 0. The predicted molar refractivity (Wildman–Crippen MR) is 213 cm³/mol. The van der Waals surface area contributed by atoms with Crippen LogP contribution in [0, 0.1) is 6.92 Å². The Morgan fingerprint density at radius 3 is 1.90 bits per heavy atom. The van der Waals surface area contributed by atoms with Crippen LogP contribution < -0.4 is 10.4 Å². The van der Waals surface area contributed by atoms with Crippen molar-refractivity contribution in [3.63, 3.8) is 0 Å². The summed E-state index contributed by atoms with van der Waals surface area (Å²) in [6.07, 6.45) is 16.9. The van der Waals surface area contributed by atoms with Crippen molar-refractivity contribution >= 4 is 39.8 Å². The van der Waals surface area contributed by atoms with E-state index in [4.69, 9.17) is 4.98 Å². The quantitative estimate of drug-likeness (QED) is 0.176. The lowest BCUT2D eigenvalue weighted by atomic mass is 9.84. The van der Waals surface area contributed by atoms with Crippen LogP contribution in [0.4, 0.5) is 0 Å². The van der Waals surface area contributed by atoms with E-state index < -0.39 is 0 Å². The van der Waals surface area contributed by atoms with Crippen molar-refractivity contribution in [1.82, 2.24) is 4.98 Å². The Balaban J connectivity index is 0.000000269. The lowest BCUT2D eigenvalue weighted by molar-refractivity contribution is 0.975. The summed E-state index contributed by atoms with van der Waals surface area (Å²) in [6.45, 7) is 6.26. The summed E-state index contributed by atoms with van der Waals surface area (Å²) in [5.41, 5.74) is 11.3. The third-order valence-electron chi connectivity index (χ3n) is 9.40. The number of rotatable bonds is 4. The van der Waals surface area contributed by atoms with Crippen LogP contribution >= 0.6 is 0 Å². The van der Waals surface area contributed by atoms with Gasteiger partial charge in [0.25, 0.3) is 0 Å². The molecule has 0 fully saturated rings. The topological polar surface area (TPSA) is 12.9 Å². The maximum atomic E-state index is 4.89. The number of pyridine rings is 1. The van der Waals surface area contributed by atoms with E-state index in [1.807, 2.05) is 19.2 Å². The van der Waals surface area contributed by atoms with Crippen LogP contribution in [-0.4, -0.2) is 4.98 Å². The lowest BCUT2D eigenvalue weighted by Gasteiger charge is -2.20. The standard InChI is InChI=1S/C36H27N.C12H14/c1-24-16-18-30-32(22-24)34(26-11-4-2-5-12-26)31-19-17-28(23-33(31)35(30)27-13-6-3-7-14-27)36-29-15-9-8-10-25(29)20-21-37-36;1-3-5-8-12-10-7-6-9-11(12)4-2/h2-8,10-14,16-23H,9,15H2,1H3;3-10H,1-2H3/b;5-3+,11-4?,12-8-. The molecule has 1 aromatic heterocycles. The van der Waals surface area contributed by atoms with Gasteiger partial charge in [0, 0.05) is 11.8 Å². The highest BCUT2D eigenvalue weighted by Gasteiger charge is 2.19. The van der Waals surface area contributed by atoms with Crippen molar-refractivity contribution in [3.8, 4) is 33.5 Å². The molecule has 8 rings (SSSR count). The van der Waals surface area contributed by atoms with E-state index in [-0.39, 0.29) is 0 Å². The van der Waals surface area contributed by atoms with E-state index in [9.17, 15) is 0 Å². The van der Waals surface area contributed by atoms with E-state index in [1.165, 1.54) is 76.5 Å². The molecule has 238 valence electrons. The van der Waals surface area contributed by atoms with Gasteiger partial charge in [0.05, 0.1) is 5.69 Å². The molecule has 7 aromatic rings. The summed E-state index contributed by atoms with van der Waals surface area (Å²) in [7, 11) is 0. The molecule has 1 heterocycles. The average Bonchev–Trinajstić information content (AvgIpc) is 3.16. The molecule has 0 bridgehead atoms. The van der Waals surface area contributed by atoms with Crippen LogP contribution in [0.1, 0.15) is 37.0 Å². The second-order valence-electron chi connectivity index (χ2n) is 12.6. The highest BCUT2D eigenvalue weighted by Crippen LogP contribution is 2.45. The van der Waals surface area contributed by atoms with E-state index in [2.05, 4.69) is 172 Å². The fourth-order valence-electron chi connectivity index (χ4n) is 7.06. The van der Waals surface area contributed by atoms with Gasteiger partial charge in [-0.25, -0.2) is 0 Å². The second-order valence-corrected chi connectivity index (χ2v) is 12.6. The molecule has 0 amide bonds. The van der Waals surface area contributed by atoms with Gasteiger partial charge in [-0.1, -0.05) is 157 Å². The molecule has 6 aromatic carbocycles. The van der Waals surface area contributed by atoms with E-state index in [1.54, 1.807) is 0 Å². The van der Waals surface area contributed by atoms with Crippen molar-refractivity contribution in [2.24, 2.45) is 0 Å². The summed E-state index contributed by atoms with van der Waals surface area (Å²) in [6, 6.07) is 46.0. The molecule has 1 heteroatoms. The minimum absolute atomic E-state index is 1.03. The van der Waals surface area contributed by atoms with Crippen molar-refractivity contribution in [3.05, 3.63) is 179 Å². The fourth-order valence-corrected chi connectivity index (χ4v) is 7.06. The molecule has 1 aliphatic rings. The van der Waals surface area contributed by atoms with Crippen LogP contribution in [-0.2, 0) is 6.42 Å². The normalized spacial score (nSPS) is 13.1. The summed E-state index contributed by atoms with van der Waals surface area (Å²) in [5.74, 6) is 0. The minimum Gasteiger partial charge on any atom is -0.256 e. The number of benzene rings is 6. The van der Waals surface area contributed by atoms with Gasteiger partial charge in [0.2, 0.25) is 0 Å². The number of aryl methyl sites for hydroxylation is 1. The third-order valence-corrected chi connectivity index (χ3v) is 9.40. The largest absolute Gasteiger partial charge is 0.256 e. The first kappa shape index (κ1) is 31.8. The molecule has 0 aliphatic heterocycles. The molecule has 0 saturated heterocycles. The number of fused-ring (bicyclic) bond motifs is 3. The predicted octanol–water partition coefficient (Wildman–Crippen LogP) is 11.5. The SMILES string of the molecule is CC=c1cccc/c1=C/C=C/C.Cc1ccc2c(-c3ccccc3)c3cc(-c4nccc5c4CCC=C5)ccc3c(-c3ccccc3)c2c1. The molecule has 0 spiro atoms. The van der Waals surface area contributed by atoms with Crippen molar-refractivity contribution in [2.75, 3.05) is 0 Å². The zero-order valence-corrected chi connectivity index (χ0v) is 28.5. The van der Waals surface area contributed by atoms with Crippen LogP contribution in [0.5, 0.6) is 0 Å². The molecule has 0 saturated carbocycles. The Labute approximate surface area is 289 Å². The van der Waals surface area contributed by atoms with Gasteiger partial charge in [0.1, 0.15) is 0 Å². The minimum atomic E-state index is 1.03. The molecular weight excluding hydrogens is 591 g/mol. The number of allylic oxidation sites excluding steroid dienone is 3. The first-order chi connectivity index (χ1) is 24.2. The Hall–Kier alpha value is -5.79. The molecule has 49 heavy (non-hydrogen) atoms. The molecule has 0 N–H and O–H groups in total. The number of aromatic nitrogens is 1. The Morgan fingerprint density at radius 1 is 0.592 bits per heavy atom. The van der Waals surface area contributed by atoms with Crippen LogP contribution in [0.15, 0.2) is 152 Å². The molecular formula is C48H41N. The zero-order valence-electron chi connectivity index (χ0n) is 28.5. The van der Waals surface area contributed by atoms with Gasteiger partial charge in [-0.2, -0.15) is 0 Å². The summed E-state index contributed by atoms with van der Waals surface area (Å²) < 4.78 is 0. The highest BCUT2D eigenvalue weighted by molar-refractivity contribution is 6.22. The number of hydrogen-bond acceptors (Lipinski definition) is 1. The zero-order chi connectivity index (χ0) is 33.6. The monoisotopic (exact) mass is 631 g/mol. The first-order valence-electron chi connectivity index (χ1n) is 17.3. The molecule has 1 aliphatic carbocycles. The molecule has 0 unspecified atom stereocenters.